The van der Waals surface area contributed by atoms with E-state index in [-0.39, 0.29) is 6.29 Å². The highest BCUT2D eigenvalue weighted by molar-refractivity contribution is 4.72. The lowest BCUT2D eigenvalue weighted by atomic mass is 10.1. The van der Waals surface area contributed by atoms with E-state index in [9.17, 15) is 0 Å². The molecule has 0 fully saturated rings. The molecule has 0 saturated heterocycles. The van der Waals surface area contributed by atoms with Gasteiger partial charge in [0.1, 0.15) is 0 Å². The lowest BCUT2D eigenvalue weighted by Gasteiger charge is -2.19. The van der Waals surface area contributed by atoms with E-state index >= 15 is 0 Å². The molecule has 0 bridgehead atoms. The SMILES string of the molecule is CCCCCCCCCCOC(CCCCCCCCCC=COCOCCCCCC)OCCCCCCCCCC. The monoisotopic (exact) mass is 611 g/mol. The number of hydrogen-bond donors (Lipinski definition) is 0. The van der Waals surface area contributed by atoms with E-state index < -0.39 is 0 Å². The Balaban J connectivity index is 3.82. The van der Waals surface area contributed by atoms with Gasteiger partial charge in [0.2, 0.25) is 0 Å². The smallest absolute Gasteiger partial charge is 0.188 e. The third-order valence-electron chi connectivity index (χ3n) is 8.40. The van der Waals surface area contributed by atoms with Gasteiger partial charge in [0.25, 0.3) is 0 Å². The average molecular weight is 611 g/mol. The van der Waals surface area contributed by atoms with Crippen LogP contribution in [-0.2, 0) is 18.9 Å². The van der Waals surface area contributed by atoms with Crippen molar-refractivity contribution in [3.63, 3.8) is 0 Å². The molecule has 0 aromatic rings. The molecule has 0 rings (SSSR count). The summed E-state index contributed by atoms with van der Waals surface area (Å²) in [5, 5.41) is 0. The van der Waals surface area contributed by atoms with Crippen LogP contribution in [0, 0.1) is 0 Å². The van der Waals surface area contributed by atoms with Crippen molar-refractivity contribution < 1.29 is 18.9 Å². The van der Waals surface area contributed by atoms with Crippen molar-refractivity contribution in [2.45, 2.75) is 213 Å². The summed E-state index contributed by atoms with van der Waals surface area (Å²) in [5.41, 5.74) is 0. The van der Waals surface area contributed by atoms with Gasteiger partial charge in [-0.1, -0.05) is 162 Å². The minimum atomic E-state index is 0.00886. The van der Waals surface area contributed by atoms with Crippen molar-refractivity contribution in [3.8, 4) is 0 Å². The largest absolute Gasteiger partial charge is 0.475 e. The predicted molar refractivity (Wildman–Crippen MR) is 188 cm³/mol. The van der Waals surface area contributed by atoms with Gasteiger partial charge in [-0.3, -0.25) is 0 Å². The molecule has 0 aliphatic rings. The van der Waals surface area contributed by atoms with Crippen LogP contribution in [0.15, 0.2) is 12.3 Å². The zero-order valence-electron chi connectivity index (χ0n) is 29.7. The van der Waals surface area contributed by atoms with Gasteiger partial charge in [0, 0.05) is 13.2 Å². The summed E-state index contributed by atoms with van der Waals surface area (Å²) < 4.78 is 23.4. The first kappa shape index (κ1) is 42.4. The molecule has 0 spiro atoms. The quantitative estimate of drug-likeness (QED) is 0.0396. The van der Waals surface area contributed by atoms with E-state index in [0.29, 0.717) is 6.79 Å². The van der Waals surface area contributed by atoms with Crippen LogP contribution < -0.4 is 0 Å². The van der Waals surface area contributed by atoms with Gasteiger partial charge >= 0.3 is 0 Å². The van der Waals surface area contributed by atoms with Gasteiger partial charge < -0.3 is 18.9 Å². The van der Waals surface area contributed by atoms with Crippen LogP contribution >= 0.6 is 0 Å². The molecule has 4 nitrogen and oxygen atoms in total. The highest BCUT2D eigenvalue weighted by Gasteiger charge is 2.09. The van der Waals surface area contributed by atoms with Gasteiger partial charge in [-0.2, -0.15) is 0 Å². The van der Waals surface area contributed by atoms with Crippen LogP contribution in [0.5, 0.6) is 0 Å². The number of rotatable bonds is 38. The summed E-state index contributed by atoms with van der Waals surface area (Å²) in [6, 6.07) is 0. The van der Waals surface area contributed by atoms with Crippen molar-refractivity contribution in [3.05, 3.63) is 12.3 Å². The van der Waals surface area contributed by atoms with Crippen LogP contribution in [0.4, 0.5) is 0 Å². The molecule has 0 aliphatic carbocycles. The highest BCUT2D eigenvalue weighted by atomic mass is 16.7. The minimum absolute atomic E-state index is 0.00886. The predicted octanol–water partition coefficient (Wildman–Crippen LogP) is 13.2. The zero-order chi connectivity index (χ0) is 31.2. The Labute approximate surface area is 270 Å². The average Bonchev–Trinajstić information content (AvgIpc) is 3.02. The lowest BCUT2D eigenvalue weighted by Crippen LogP contribution is -2.19. The summed E-state index contributed by atoms with van der Waals surface area (Å²) in [7, 11) is 0. The fraction of sp³-hybridized carbons (Fsp3) is 0.949. The first-order valence-corrected chi connectivity index (χ1v) is 19.4. The Bertz CT molecular complexity index is 487. The van der Waals surface area contributed by atoms with Gasteiger partial charge in [0.05, 0.1) is 12.9 Å². The zero-order valence-corrected chi connectivity index (χ0v) is 29.7. The number of hydrogen-bond acceptors (Lipinski definition) is 4. The molecule has 258 valence electrons. The van der Waals surface area contributed by atoms with Gasteiger partial charge in [-0.05, 0) is 51.0 Å². The van der Waals surface area contributed by atoms with Gasteiger partial charge in [0.15, 0.2) is 13.1 Å². The molecule has 0 saturated carbocycles. The highest BCUT2D eigenvalue weighted by Crippen LogP contribution is 2.15. The van der Waals surface area contributed by atoms with Crippen molar-refractivity contribution in [1.82, 2.24) is 0 Å². The number of allylic oxidation sites excluding steroid dienone is 1. The van der Waals surface area contributed by atoms with Crippen LogP contribution in [0.25, 0.3) is 0 Å². The van der Waals surface area contributed by atoms with Crippen molar-refractivity contribution in [1.29, 1.82) is 0 Å². The molecule has 0 aromatic heterocycles. The first-order chi connectivity index (χ1) is 21.3. The molecule has 4 heteroatoms. The molecule has 43 heavy (non-hydrogen) atoms. The molecule has 0 N–H and O–H groups in total. The molecule has 0 atom stereocenters. The van der Waals surface area contributed by atoms with Crippen molar-refractivity contribution in [2.75, 3.05) is 26.6 Å². The number of ether oxygens (including phenoxy) is 4. The normalized spacial score (nSPS) is 11.8. The first-order valence-electron chi connectivity index (χ1n) is 19.4. The third kappa shape index (κ3) is 37.5. The Morgan fingerprint density at radius 3 is 1.33 bits per heavy atom. The second-order valence-corrected chi connectivity index (χ2v) is 12.8. The van der Waals surface area contributed by atoms with Crippen LogP contribution in [-0.4, -0.2) is 32.9 Å². The lowest BCUT2D eigenvalue weighted by molar-refractivity contribution is -0.148. The third-order valence-corrected chi connectivity index (χ3v) is 8.40. The van der Waals surface area contributed by atoms with Gasteiger partial charge in [-0.25, -0.2) is 0 Å². The fourth-order valence-corrected chi connectivity index (χ4v) is 5.49. The van der Waals surface area contributed by atoms with E-state index in [1.54, 1.807) is 0 Å². The van der Waals surface area contributed by atoms with Crippen molar-refractivity contribution in [2.24, 2.45) is 0 Å². The maximum Gasteiger partial charge on any atom is 0.188 e. The van der Waals surface area contributed by atoms with E-state index in [1.165, 1.54) is 167 Å². The summed E-state index contributed by atoms with van der Waals surface area (Å²) in [6.45, 7) is 9.74. The maximum absolute atomic E-state index is 6.25. The summed E-state index contributed by atoms with van der Waals surface area (Å²) in [5.74, 6) is 0. The van der Waals surface area contributed by atoms with Crippen LogP contribution in [0.2, 0.25) is 0 Å². The maximum atomic E-state index is 6.25. The molecule has 0 radical (unpaired) electrons. The molecule has 0 amide bonds. The second kappa shape index (κ2) is 39.4. The Kier molecular flexibility index (Phi) is 38.9. The second-order valence-electron chi connectivity index (χ2n) is 12.8. The summed E-state index contributed by atoms with van der Waals surface area (Å²) in [6.07, 6.45) is 41.7. The molecule has 0 aliphatic heterocycles. The van der Waals surface area contributed by atoms with E-state index in [2.05, 4.69) is 26.8 Å². The topological polar surface area (TPSA) is 36.9 Å². The van der Waals surface area contributed by atoms with Gasteiger partial charge in [-0.15, -0.1) is 0 Å². The Morgan fingerprint density at radius 2 is 0.814 bits per heavy atom. The number of unbranched alkanes of at least 4 members (excludes halogenated alkanes) is 24. The van der Waals surface area contributed by atoms with E-state index in [4.69, 9.17) is 18.9 Å². The van der Waals surface area contributed by atoms with Crippen LogP contribution in [0.3, 0.4) is 0 Å². The molecule has 0 heterocycles. The van der Waals surface area contributed by atoms with E-state index in [0.717, 1.165) is 39.1 Å². The fourth-order valence-electron chi connectivity index (χ4n) is 5.49. The molecular weight excluding hydrogens is 532 g/mol. The van der Waals surface area contributed by atoms with Crippen LogP contribution in [0.1, 0.15) is 207 Å². The molecular formula is C39H78O4. The molecule has 0 aromatic carbocycles. The van der Waals surface area contributed by atoms with E-state index in [1.807, 2.05) is 6.26 Å². The Hall–Kier alpha value is -0.580. The Morgan fingerprint density at radius 1 is 0.419 bits per heavy atom. The summed E-state index contributed by atoms with van der Waals surface area (Å²) in [4.78, 5) is 0. The van der Waals surface area contributed by atoms with Crippen molar-refractivity contribution >= 4 is 0 Å². The summed E-state index contributed by atoms with van der Waals surface area (Å²) >= 11 is 0. The molecule has 0 unspecified atom stereocenters. The standard InChI is InChI=1S/C39H78O4/c1-4-7-10-13-15-22-26-31-36-42-39(43-37-32-27-23-16-14-11-8-5-2)33-28-24-20-18-17-19-21-25-30-35-41-38-40-34-29-12-9-6-3/h30,35,39H,4-29,31-34,36-38H2,1-3H3. The minimum Gasteiger partial charge on any atom is -0.475 e.